The molecule has 0 bridgehead atoms. The van der Waals surface area contributed by atoms with Crippen LogP contribution in [-0.4, -0.2) is 31.5 Å². The maximum absolute atomic E-state index is 12.1. The van der Waals surface area contributed by atoms with Gasteiger partial charge in [-0.25, -0.2) is 0 Å². The molecule has 0 aliphatic carbocycles. The number of para-hydroxylation sites is 2. The number of nitrogens with zero attached hydrogens (tertiary/aromatic N) is 1. The molecule has 0 aromatic heterocycles. The summed E-state index contributed by atoms with van der Waals surface area (Å²) in [5.74, 6) is 0.417. The topological polar surface area (TPSA) is 58.6 Å². The summed E-state index contributed by atoms with van der Waals surface area (Å²) < 4.78 is 5.52. The van der Waals surface area contributed by atoms with Crippen molar-refractivity contribution in [2.24, 2.45) is 0 Å². The monoisotopic (exact) mass is 262 g/mol. The first kappa shape index (κ1) is 13.4. The fourth-order valence-corrected chi connectivity index (χ4v) is 1.96. The Kier molecular flexibility index (Phi) is 4.39. The third-order valence-corrected chi connectivity index (χ3v) is 2.90. The zero-order valence-corrected chi connectivity index (χ0v) is 11.0. The maximum Gasteiger partial charge on any atom is 0.240 e. The summed E-state index contributed by atoms with van der Waals surface area (Å²) in [6, 6.07) is 7.29. The van der Waals surface area contributed by atoms with Crippen molar-refractivity contribution in [1.82, 2.24) is 5.32 Å². The van der Waals surface area contributed by atoms with Gasteiger partial charge in [0.05, 0.1) is 18.7 Å². The van der Waals surface area contributed by atoms with Crippen LogP contribution in [0.25, 0.3) is 0 Å². The Balaban J connectivity index is 2.17. The number of hydrogen-bond acceptors (Lipinski definition) is 3. The average Bonchev–Trinajstić information content (AvgIpc) is 2.57. The van der Waals surface area contributed by atoms with Crippen LogP contribution in [-0.2, 0) is 9.59 Å². The first-order chi connectivity index (χ1) is 9.22. The molecule has 5 heteroatoms. The molecule has 0 saturated carbocycles. The fraction of sp³-hybridized carbons (Fsp3) is 0.429. The van der Waals surface area contributed by atoms with Crippen molar-refractivity contribution >= 4 is 17.5 Å². The average molecular weight is 262 g/mol. The third kappa shape index (κ3) is 3.24. The van der Waals surface area contributed by atoms with Crippen LogP contribution in [0.2, 0.25) is 0 Å². The lowest BCUT2D eigenvalue weighted by Crippen LogP contribution is -2.40. The van der Waals surface area contributed by atoms with Gasteiger partial charge < -0.3 is 10.1 Å². The number of carbonyl (C=O) groups excluding carboxylic acids is 2. The molecule has 1 aromatic carbocycles. The van der Waals surface area contributed by atoms with Crippen LogP contribution in [0.5, 0.6) is 5.75 Å². The minimum Gasteiger partial charge on any atom is -0.491 e. The van der Waals surface area contributed by atoms with Crippen LogP contribution in [0.15, 0.2) is 24.3 Å². The minimum atomic E-state index is -0.146. The largest absolute Gasteiger partial charge is 0.491 e. The highest BCUT2D eigenvalue weighted by atomic mass is 16.5. The summed E-state index contributed by atoms with van der Waals surface area (Å²) in [6.07, 6.45) is 1.16. The lowest BCUT2D eigenvalue weighted by Gasteiger charge is -2.21. The quantitative estimate of drug-likeness (QED) is 0.890. The number of ether oxygens (including phenoxy) is 1. The fourth-order valence-electron chi connectivity index (χ4n) is 1.96. The van der Waals surface area contributed by atoms with Gasteiger partial charge in [0.1, 0.15) is 12.3 Å². The van der Waals surface area contributed by atoms with E-state index in [-0.39, 0.29) is 24.8 Å². The third-order valence-electron chi connectivity index (χ3n) is 2.90. The van der Waals surface area contributed by atoms with Crippen LogP contribution >= 0.6 is 0 Å². The molecule has 2 rings (SSSR count). The molecule has 0 spiro atoms. The standard InChI is InChI=1S/C14H18N2O3/c1-2-8-15-13(17)10-16-11-5-3-4-6-12(11)19-9-7-14(16)18/h3-6H,2,7-10H2,1H3,(H,15,17). The number of nitrogens with one attached hydrogen (secondary N) is 1. The summed E-state index contributed by atoms with van der Waals surface area (Å²) in [6.45, 7) is 3.00. The Morgan fingerprint density at radius 3 is 3.00 bits per heavy atom. The number of rotatable bonds is 4. The predicted molar refractivity (Wildman–Crippen MR) is 72.2 cm³/mol. The lowest BCUT2D eigenvalue weighted by atomic mass is 10.2. The van der Waals surface area contributed by atoms with Gasteiger partial charge in [0.2, 0.25) is 11.8 Å². The summed E-state index contributed by atoms with van der Waals surface area (Å²) >= 11 is 0. The van der Waals surface area contributed by atoms with Gasteiger partial charge in [0.15, 0.2) is 0 Å². The van der Waals surface area contributed by atoms with Gasteiger partial charge in [-0.05, 0) is 18.6 Å². The van der Waals surface area contributed by atoms with Crippen molar-refractivity contribution < 1.29 is 14.3 Å². The summed E-state index contributed by atoms with van der Waals surface area (Å²) in [5.41, 5.74) is 0.664. The number of amides is 2. The van der Waals surface area contributed by atoms with E-state index in [9.17, 15) is 9.59 Å². The number of fused-ring (bicyclic) bond motifs is 1. The molecule has 0 fully saturated rings. The van der Waals surface area contributed by atoms with Crippen molar-refractivity contribution in [3.63, 3.8) is 0 Å². The summed E-state index contributed by atoms with van der Waals surface area (Å²) in [4.78, 5) is 25.3. The zero-order chi connectivity index (χ0) is 13.7. The van der Waals surface area contributed by atoms with E-state index in [1.807, 2.05) is 25.1 Å². The van der Waals surface area contributed by atoms with Crippen molar-refractivity contribution in [3.05, 3.63) is 24.3 Å². The van der Waals surface area contributed by atoms with Crippen LogP contribution in [0.4, 0.5) is 5.69 Å². The first-order valence-electron chi connectivity index (χ1n) is 6.51. The molecule has 0 unspecified atom stereocenters. The van der Waals surface area contributed by atoms with Gasteiger partial charge in [-0.3, -0.25) is 14.5 Å². The second-order valence-corrected chi connectivity index (χ2v) is 4.40. The highest BCUT2D eigenvalue weighted by molar-refractivity contribution is 6.00. The molecule has 0 saturated heterocycles. The second kappa shape index (κ2) is 6.22. The van der Waals surface area contributed by atoms with E-state index in [1.54, 1.807) is 6.07 Å². The van der Waals surface area contributed by atoms with Gasteiger partial charge >= 0.3 is 0 Å². The minimum absolute atomic E-state index is 0.0409. The van der Waals surface area contributed by atoms with Gasteiger partial charge in [-0.2, -0.15) is 0 Å². The summed E-state index contributed by atoms with van der Waals surface area (Å²) in [7, 11) is 0. The van der Waals surface area contributed by atoms with Crippen molar-refractivity contribution in [2.75, 3.05) is 24.6 Å². The smallest absolute Gasteiger partial charge is 0.240 e. The molecular weight excluding hydrogens is 244 g/mol. The van der Waals surface area contributed by atoms with Gasteiger partial charge in [-0.15, -0.1) is 0 Å². The maximum atomic E-state index is 12.1. The van der Waals surface area contributed by atoms with Crippen molar-refractivity contribution in [2.45, 2.75) is 19.8 Å². The lowest BCUT2D eigenvalue weighted by molar-refractivity contribution is -0.123. The first-order valence-corrected chi connectivity index (χ1v) is 6.51. The van der Waals surface area contributed by atoms with E-state index in [0.717, 1.165) is 6.42 Å². The molecule has 2 amide bonds. The zero-order valence-electron chi connectivity index (χ0n) is 11.0. The Morgan fingerprint density at radius 2 is 2.21 bits per heavy atom. The molecule has 102 valence electrons. The molecule has 1 aliphatic heterocycles. The molecule has 19 heavy (non-hydrogen) atoms. The van der Waals surface area contributed by atoms with Gasteiger partial charge in [0, 0.05) is 6.54 Å². The highest BCUT2D eigenvalue weighted by Gasteiger charge is 2.24. The van der Waals surface area contributed by atoms with Gasteiger partial charge in [-0.1, -0.05) is 19.1 Å². The highest BCUT2D eigenvalue weighted by Crippen LogP contribution is 2.30. The Bertz CT molecular complexity index is 474. The number of anilines is 1. The normalized spacial score (nSPS) is 14.4. The number of hydrogen-bond donors (Lipinski definition) is 1. The van der Waals surface area contributed by atoms with Crippen molar-refractivity contribution in [1.29, 1.82) is 0 Å². The Morgan fingerprint density at radius 1 is 1.42 bits per heavy atom. The Hall–Kier alpha value is -2.04. The SMILES string of the molecule is CCCNC(=O)CN1C(=O)CCOc2ccccc21. The molecule has 0 radical (unpaired) electrons. The number of benzene rings is 1. The van der Waals surface area contributed by atoms with Crippen LogP contribution in [0.3, 0.4) is 0 Å². The molecule has 1 N–H and O–H groups in total. The van der Waals surface area contributed by atoms with Crippen LogP contribution < -0.4 is 15.0 Å². The van der Waals surface area contributed by atoms with E-state index >= 15 is 0 Å². The van der Waals surface area contributed by atoms with Crippen LogP contribution in [0.1, 0.15) is 19.8 Å². The molecular formula is C14H18N2O3. The molecule has 1 heterocycles. The Labute approximate surface area is 112 Å². The van der Waals surface area contributed by atoms with Gasteiger partial charge in [0.25, 0.3) is 0 Å². The predicted octanol–water partition coefficient (Wildman–Crippen LogP) is 1.33. The molecule has 1 aliphatic rings. The summed E-state index contributed by atoms with van der Waals surface area (Å²) in [5, 5.41) is 2.78. The molecule has 1 aromatic rings. The van der Waals surface area contributed by atoms with E-state index in [1.165, 1.54) is 4.90 Å². The molecule has 5 nitrogen and oxygen atoms in total. The van der Waals surface area contributed by atoms with E-state index < -0.39 is 0 Å². The van der Waals surface area contributed by atoms with E-state index in [0.29, 0.717) is 24.6 Å². The van der Waals surface area contributed by atoms with Crippen molar-refractivity contribution in [3.8, 4) is 5.75 Å². The van der Waals surface area contributed by atoms with Crippen LogP contribution in [0, 0.1) is 0 Å². The van der Waals surface area contributed by atoms with E-state index in [2.05, 4.69) is 5.32 Å². The van der Waals surface area contributed by atoms with E-state index in [4.69, 9.17) is 4.74 Å². The molecule has 0 atom stereocenters. The number of carbonyl (C=O) groups is 2. The second-order valence-electron chi connectivity index (χ2n) is 4.40.